The van der Waals surface area contributed by atoms with Gasteiger partial charge >= 0.3 is 0 Å². The van der Waals surface area contributed by atoms with E-state index in [9.17, 15) is 0 Å². The first-order chi connectivity index (χ1) is 8.32. The van der Waals surface area contributed by atoms with Crippen molar-refractivity contribution in [1.29, 1.82) is 0 Å². The Kier molecular flexibility index (Phi) is 5.16. The predicted octanol–water partition coefficient (Wildman–Crippen LogP) is 2.02. The second kappa shape index (κ2) is 6.20. The van der Waals surface area contributed by atoms with Gasteiger partial charge in [0.1, 0.15) is 5.02 Å². The number of likely N-dealkylation sites (N-methyl/N-ethyl adjacent to an activating group) is 1. The molecule has 0 aliphatic carbocycles. The molecule has 1 unspecified atom stereocenters. The number of hydrogen-bond acceptors (Lipinski definition) is 5. The van der Waals surface area contributed by atoms with Crippen LogP contribution in [0.25, 0.3) is 0 Å². The zero-order valence-corrected chi connectivity index (χ0v) is 12.4. The molecular weight excluding hydrogens is 250 g/mol. The van der Waals surface area contributed by atoms with E-state index in [-0.39, 0.29) is 5.95 Å². The first-order valence-corrected chi connectivity index (χ1v) is 6.40. The lowest BCUT2D eigenvalue weighted by Crippen LogP contribution is -2.38. The van der Waals surface area contributed by atoms with Crippen molar-refractivity contribution < 1.29 is 0 Å². The van der Waals surface area contributed by atoms with Crippen LogP contribution in [-0.2, 0) is 0 Å². The van der Waals surface area contributed by atoms with Gasteiger partial charge in [-0.3, -0.25) is 0 Å². The van der Waals surface area contributed by atoms with Crippen LogP contribution in [0.15, 0.2) is 0 Å². The summed E-state index contributed by atoms with van der Waals surface area (Å²) >= 11 is 6.15. The molecule has 18 heavy (non-hydrogen) atoms. The summed E-state index contributed by atoms with van der Waals surface area (Å²) in [4.78, 5) is 10.3. The van der Waals surface area contributed by atoms with E-state index in [0.29, 0.717) is 28.5 Å². The molecule has 0 spiro atoms. The third kappa shape index (κ3) is 3.71. The van der Waals surface area contributed by atoms with Gasteiger partial charge in [-0.2, -0.15) is 4.98 Å². The number of anilines is 2. The van der Waals surface area contributed by atoms with E-state index in [2.05, 4.69) is 48.1 Å². The zero-order valence-electron chi connectivity index (χ0n) is 11.7. The normalized spacial score (nSPS) is 13.1. The molecule has 0 saturated heterocycles. The number of nitrogens with two attached hydrogens (primary N) is 1. The molecule has 1 heterocycles. The van der Waals surface area contributed by atoms with Crippen LogP contribution in [0.2, 0.25) is 5.02 Å². The number of nitrogen functional groups attached to an aromatic ring is 1. The lowest BCUT2D eigenvalue weighted by molar-refractivity contribution is 0.243. The molecule has 6 heteroatoms. The van der Waals surface area contributed by atoms with Crippen LogP contribution < -0.4 is 11.1 Å². The Bertz CT molecular complexity index is 398. The average Bonchev–Trinajstić information content (AvgIpc) is 2.23. The standard InChI is InChI=1S/C12H22ClN5/c1-7(2)9(18(4)5)6-15-11-10(13)8(3)16-12(14)17-11/h7,9H,6H2,1-5H3,(H3,14,15,16,17). The second-order valence-corrected chi connectivity index (χ2v) is 5.36. The Morgan fingerprint density at radius 1 is 1.33 bits per heavy atom. The predicted molar refractivity (Wildman–Crippen MR) is 77.0 cm³/mol. The quantitative estimate of drug-likeness (QED) is 0.858. The van der Waals surface area contributed by atoms with Crippen LogP contribution in [0.1, 0.15) is 19.5 Å². The van der Waals surface area contributed by atoms with Crippen LogP contribution >= 0.6 is 11.6 Å². The maximum absolute atomic E-state index is 6.15. The van der Waals surface area contributed by atoms with Gasteiger partial charge in [0.25, 0.3) is 0 Å². The number of aromatic nitrogens is 2. The molecule has 0 bridgehead atoms. The van der Waals surface area contributed by atoms with Crippen molar-refractivity contribution >= 4 is 23.4 Å². The summed E-state index contributed by atoms with van der Waals surface area (Å²) < 4.78 is 0. The van der Waals surface area contributed by atoms with Gasteiger partial charge in [-0.1, -0.05) is 25.4 Å². The first kappa shape index (κ1) is 15.0. The van der Waals surface area contributed by atoms with Crippen LogP contribution in [0, 0.1) is 12.8 Å². The second-order valence-electron chi connectivity index (χ2n) is 4.99. The highest BCUT2D eigenvalue weighted by atomic mass is 35.5. The minimum atomic E-state index is 0.241. The van der Waals surface area contributed by atoms with Gasteiger partial charge in [0, 0.05) is 12.6 Å². The molecule has 0 amide bonds. The summed E-state index contributed by atoms with van der Waals surface area (Å²) in [7, 11) is 4.13. The summed E-state index contributed by atoms with van der Waals surface area (Å²) in [5.74, 6) is 1.38. The van der Waals surface area contributed by atoms with Gasteiger partial charge in [0.2, 0.25) is 5.95 Å². The van der Waals surface area contributed by atoms with E-state index in [1.54, 1.807) is 0 Å². The molecule has 0 radical (unpaired) electrons. The van der Waals surface area contributed by atoms with Gasteiger partial charge in [-0.25, -0.2) is 4.98 Å². The minimum Gasteiger partial charge on any atom is -0.368 e. The van der Waals surface area contributed by atoms with E-state index in [1.807, 2.05) is 6.92 Å². The highest BCUT2D eigenvalue weighted by Crippen LogP contribution is 2.23. The van der Waals surface area contributed by atoms with E-state index < -0.39 is 0 Å². The lowest BCUT2D eigenvalue weighted by atomic mass is 10.0. The molecular formula is C12H22ClN5. The number of halogens is 1. The molecule has 0 aliphatic heterocycles. The Balaban J connectivity index is 2.79. The molecule has 5 nitrogen and oxygen atoms in total. The summed E-state index contributed by atoms with van der Waals surface area (Å²) in [6.45, 7) is 6.96. The van der Waals surface area contributed by atoms with Crippen molar-refractivity contribution in [2.45, 2.75) is 26.8 Å². The topological polar surface area (TPSA) is 67.1 Å². The molecule has 3 N–H and O–H groups in total. The largest absolute Gasteiger partial charge is 0.368 e. The zero-order chi connectivity index (χ0) is 13.9. The van der Waals surface area contributed by atoms with E-state index >= 15 is 0 Å². The third-order valence-electron chi connectivity index (χ3n) is 2.95. The van der Waals surface area contributed by atoms with Gasteiger partial charge in [-0.05, 0) is 26.9 Å². The van der Waals surface area contributed by atoms with E-state index in [1.165, 1.54) is 0 Å². The molecule has 1 aromatic heterocycles. The van der Waals surface area contributed by atoms with Crippen LogP contribution in [0.3, 0.4) is 0 Å². The molecule has 0 saturated carbocycles. The summed E-state index contributed by atoms with van der Waals surface area (Å²) in [6.07, 6.45) is 0. The van der Waals surface area contributed by atoms with Crippen LogP contribution in [0.4, 0.5) is 11.8 Å². The molecule has 1 rings (SSSR count). The van der Waals surface area contributed by atoms with Crippen molar-refractivity contribution in [2.75, 3.05) is 31.7 Å². The van der Waals surface area contributed by atoms with E-state index in [4.69, 9.17) is 17.3 Å². The minimum absolute atomic E-state index is 0.241. The van der Waals surface area contributed by atoms with E-state index in [0.717, 1.165) is 6.54 Å². The fourth-order valence-corrected chi connectivity index (χ4v) is 2.07. The number of nitrogens with zero attached hydrogens (tertiary/aromatic N) is 3. The molecule has 0 aromatic carbocycles. The maximum Gasteiger partial charge on any atom is 0.222 e. The van der Waals surface area contributed by atoms with Crippen LogP contribution in [-0.4, -0.2) is 41.5 Å². The van der Waals surface area contributed by atoms with Crippen molar-refractivity contribution in [3.63, 3.8) is 0 Å². The van der Waals surface area contributed by atoms with Gasteiger partial charge in [0.15, 0.2) is 5.82 Å². The highest BCUT2D eigenvalue weighted by molar-refractivity contribution is 6.33. The molecule has 102 valence electrons. The number of rotatable bonds is 5. The fraction of sp³-hybridized carbons (Fsp3) is 0.667. The van der Waals surface area contributed by atoms with Crippen molar-refractivity contribution in [2.24, 2.45) is 5.92 Å². The van der Waals surface area contributed by atoms with Crippen molar-refractivity contribution in [1.82, 2.24) is 14.9 Å². The number of nitrogens with one attached hydrogen (secondary N) is 1. The van der Waals surface area contributed by atoms with Crippen LogP contribution in [0.5, 0.6) is 0 Å². The molecule has 0 fully saturated rings. The Labute approximate surface area is 114 Å². The highest BCUT2D eigenvalue weighted by Gasteiger charge is 2.17. The Morgan fingerprint density at radius 3 is 2.44 bits per heavy atom. The van der Waals surface area contributed by atoms with Crippen molar-refractivity contribution in [3.05, 3.63) is 10.7 Å². The molecule has 1 aromatic rings. The molecule has 0 aliphatic rings. The first-order valence-electron chi connectivity index (χ1n) is 6.02. The van der Waals surface area contributed by atoms with Gasteiger partial charge in [-0.15, -0.1) is 0 Å². The Hall–Kier alpha value is -1.07. The monoisotopic (exact) mass is 271 g/mol. The molecule has 1 atom stereocenters. The Morgan fingerprint density at radius 2 is 1.94 bits per heavy atom. The van der Waals surface area contributed by atoms with Gasteiger partial charge < -0.3 is 16.0 Å². The number of hydrogen-bond donors (Lipinski definition) is 2. The average molecular weight is 272 g/mol. The summed E-state index contributed by atoms with van der Waals surface area (Å²) in [5.41, 5.74) is 6.32. The summed E-state index contributed by atoms with van der Waals surface area (Å²) in [6, 6.07) is 0.401. The number of aryl methyl sites for hydroxylation is 1. The van der Waals surface area contributed by atoms with Crippen molar-refractivity contribution in [3.8, 4) is 0 Å². The smallest absolute Gasteiger partial charge is 0.222 e. The summed E-state index contributed by atoms with van der Waals surface area (Å²) in [5, 5.41) is 3.79. The third-order valence-corrected chi connectivity index (χ3v) is 3.40. The van der Waals surface area contributed by atoms with Gasteiger partial charge in [0.05, 0.1) is 5.69 Å². The fourth-order valence-electron chi connectivity index (χ4n) is 1.91. The lowest BCUT2D eigenvalue weighted by Gasteiger charge is -2.28. The SMILES string of the molecule is Cc1nc(N)nc(NCC(C(C)C)N(C)C)c1Cl. The maximum atomic E-state index is 6.15.